The van der Waals surface area contributed by atoms with Gasteiger partial charge in [0.1, 0.15) is 5.82 Å². The quantitative estimate of drug-likeness (QED) is 0.523. The van der Waals surface area contributed by atoms with Gasteiger partial charge in [0, 0.05) is 47.7 Å². The fourth-order valence-electron chi connectivity index (χ4n) is 5.57. The Hall–Kier alpha value is -3.46. The molecular formula is C26H31N5O4. The van der Waals surface area contributed by atoms with E-state index in [4.69, 9.17) is 10.5 Å². The third-order valence-corrected chi connectivity index (χ3v) is 7.32. The molecule has 4 N–H and O–H groups in total. The van der Waals surface area contributed by atoms with Crippen LogP contribution >= 0.6 is 0 Å². The Morgan fingerprint density at radius 1 is 1.03 bits per heavy atom. The predicted molar refractivity (Wildman–Crippen MR) is 132 cm³/mol. The van der Waals surface area contributed by atoms with Crippen LogP contribution in [0.15, 0.2) is 36.5 Å². The van der Waals surface area contributed by atoms with E-state index in [1.54, 1.807) is 24.4 Å². The Morgan fingerprint density at radius 3 is 2.37 bits per heavy atom. The number of piperidine rings is 1. The van der Waals surface area contributed by atoms with Gasteiger partial charge in [-0.3, -0.25) is 14.4 Å². The summed E-state index contributed by atoms with van der Waals surface area (Å²) in [6.07, 6.45) is 6.26. The summed E-state index contributed by atoms with van der Waals surface area (Å²) in [5.41, 5.74) is 7.58. The number of primary amides is 1. The van der Waals surface area contributed by atoms with Gasteiger partial charge in [0.25, 0.3) is 11.8 Å². The third-order valence-electron chi connectivity index (χ3n) is 7.32. The van der Waals surface area contributed by atoms with Crippen LogP contribution in [0.5, 0.6) is 0 Å². The van der Waals surface area contributed by atoms with Gasteiger partial charge in [0.15, 0.2) is 5.78 Å². The molecule has 3 aliphatic rings. The first-order valence-corrected chi connectivity index (χ1v) is 12.2. The van der Waals surface area contributed by atoms with Crippen molar-refractivity contribution in [3.8, 4) is 0 Å². The lowest BCUT2D eigenvalue weighted by Crippen LogP contribution is -2.50. The number of Topliss-reactive ketones (excluding diaryl/α,β-unsaturated/α-hetero) is 1. The van der Waals surface area contributed by atoms with Crippen molar-refractivity contribution in [3.05, 3.63) is 53.2 Å². The zero-order chi connectivity index (χ0) is 24.5. The summed E-state index contributed by atoms with van der Waals surface area (Å²) >= 11 is 0. The van der Waals surface area contributed by atoms with E-state index in [9.17, 15) is 14.4 Å². The van der Waals surface area contributed by atoms with Crippen molar-refractivity contribution in [2.45, 2.75) is 63.2 Å². The normalized spacial score (nSPS) is 25.3. The highest BCUT2D eigenvalue weighted by Crippen LogP contribution is 2.38. The number of carbonyl (C=O) groups excluding carboxylic acids is 3. The molecular weight excluding hydrogens is 446 g/mol. The largest absolute Gasteiger partial charge is 0.379 e. The number of pyridine rings is 1. The molecule has 3 fully saturated rings. The lowest BCUT2D eigenvalue weighted by molar-refractivity contribution is 0.0924. The van der Waals surface area contributed by atoms with Gasteiger partial charge in [0.05, 0.1) is 18.2 Å². The Labute approximate surface area is 204 Å². The molecule has 3 atom stereocenters. The van der Waals surface area contributed by atoms with Crippen LogP contribution in [0.2, 0.25) is 0 Å². The van der Waals surface area contributed by atoms with Crippen LogP contribution in [0.4, 0.5) is 11.5 Å². The van der Waals surface area contributed by atoms with Crippen molar-refractivity contribution in [1.29, 1.82) is 0 Å². The molecule has 0 saturated carbocycles. The highest BCUT2D eigenvalue weighted by Gasteiger charge is 2.41. The molecule has 35 heavy (non-hydrogen) atoms. The zero-order valence-corrected chi connectivity index (χ0v) is 19.8. The number of amides is 2. The van der Waals surface area contributed by atoms with Crippen LogP contribution in [-0.2, 0) is 4.74 Å². The lowest BCUT2D eigenvalue weighted by atomic mass is 9.96. The average Bonchev–Trinajstić information content (AvgIpc) is 3.44. The van der Waals surface area contributed by atoms with Gasteiger partial charge in [-0.05, 0) is 69.4 Å². The van der Waals surface area contributed by atoms with Crippen LogP contribution in [-0.4, -0.2) is 60.0 Å². The van der Waals surface area contributed by atoms with Crippen molar-refractivity contribution in [3.63, 3.8) is 0 Å². The number of nitrogens with two attached hydrogens (primary N) is 1. The molecule has 2 aromatic rings. The summed E-state index contributed by atoms with van der Waals surface area (Å²) in [6.45, 7) is 2.77. The van der Waals surface area contributed by atoms with Gasteiger partial charge in [-0.1, -0.05) is 0 Å². The predicted octanol–water partition coefficient (Wildman–Crippen LogP) is 2.51. The Morgan fingerprint density at radius 2 is 1.77 bits per heavy atom. The van der Waals surface area contributed by atoms with Gasteiger partial charge in [-0.15, -0.1) is 0 Å². The fourth-order valence-corrected chi connectivity index (χ4v) is 5.57. The van der Waals surface area contributed by atoms with E-state index in [2.05, 4.69) is 20.5 Å². The Kier molecular flexibility index (Phi) is 6.42. The first kappa shape index (κ1) is 23.3. The number of nitrogens with zero attached hydrogens (tertiary/aromatic N) is 2. The van der Waals surface area contributed by atoms with Crippen molar-refractivity contribution in [1.82, 2.24) is 10.3 Å². The Balaban J connectivity index is 1.26. The van der Waals surface area contributed by atoms with Gasteiger partial charge < -0.3 is 26.0 Å². The molecule has 2 bridgehead atoms. The molecule has 1 aromatic heterocycles. The number of fused-ring (bicyclic) bond motifs is 2. The second-order valence-corrected chi connectivity index (χ2v) is 9.72. The number of hydrogen-bond donors (Lipinski definition) is 3. The smallest absolute Gasteiger partial charge is 0.251 e. The number of nitrogens with one attached hydrogen (secondary N) is 2. The van der Waals surface area contributed by atoms with Gasteiger partial charge >= 0.3 is 0 Å². The topological polar surface area (TPSA) is 127 Å². The molecule has 4 heterocycles. The van der Waals surface area contributed by atoms with Crippen molar-refractivity contribution >= 4 is 29.1 Å². The molecule has 0 radical (unpaired) electrons. The molecule has 3 aliphatic heterocycles. The average molecular weight is 478 g/mol. The van der Waals surface area contributed by atoms with Crippen LogP contribution < -0.4 is 21.3 Å². The molecule has 2 unspecified atom stereocenters. The van der Waals surface area contributed by atoms with E-state index in [-0.39, 0.29) is 23.8 Å². The van der Waals surface area contributed by atoms with Gasteiger partial charge in [0.2, 0.25) is 0 Å². The standard InChI is InChI=1S/C26H31N5O4/c1-15(32)17-3-7-24(28-13-17)31-20-4-5-21(31)12-19(11-20)30-26(34)16-2-6-22(25(27)33)23(10-16)29-18-8-9-35-14-18/h2-3,6-7,10,13,18-21,29H,4-5,8-9,11-12,14H2,1H3,(H2,27,33)(H,30,34)/t18-,19?,20?,21?/m0/s1. The number of hydrogen-bond acceptors (Lipinski definition) is 7. The second kappa shape index (κ2) is 9.65. The minimum absolute atomic E-state index is 0.00670. The number of ketones is 1. The molecule has 0 spiro atoms. The fraction of sp³-hybridized carbons (Fsp3) is 0.462. The van der Waals surface area contributed by atoms with Crippen molar-refractivity contribution in [2.24, 2.45) is 5.73 Å². The number of rotatable bonds is 7. The van der Waals surface area contributed by atoms with E-state index in [0.717, 1.165) is 37.9 Å². The van der Waals surface area contributed by atoms with Crippen LogP contribution in [0.1, 0.15) is 70.1 Å². The molecule has 0 aliphatic carbocycles. The molecule has 184 valence electrons. The van der Waals surface area contributed by atoms with E-state index in [0.29, 0.717) is 47.7 Å². The van der Waals surface area contributed by atoms with Crippen molar-refractivity contribution in [2.75, 3.05) is 23.4 Å². The molecule has 2 amide bonds. The number of benzene rings is 1. The van der Waals surface area contributed by atoms with Crippen molar-refractivity contribution < 1.29 is 19.1 Å². The number of aromatic nitrogens is 1. The first-order valence-electron chi connectivity index (χ1n) is 12.2. The molecule has 1 aromatic carbocycles. The summed E-state index contributed by atoms with van der Waals surface area (Å²) in [7, 11) is 0. The molecule has 3 saturated heterocycles. The maximum absolute atomic E-state index is 13.1. The van der Waals surface area contributed by atoms with E-state index in [1.165, 1.54) is 6.92 Å². The highest BCUT2D eigenvalue weighted by atomic mass is 16.5. The summed E-state index contributed by atoms with van der Waals surface area (Å²) < 4.78 is 5.41. The van der Waals surface area contributed by atoms with E-state index < -0.39 is 5.91 Å². The summed E-state index contributed by atoms with van der Waals surface area (Å²) in [4.78, 5) is 43.5. The summed E-state index contributed by atoms with van der Waals surface area (Å²) in [6, 6.07) is 9.46. The minimum atomic E-state index is -0.535. The van der Waals surface area contributed by atoms with Gasteiger partial charge in [-0.25, -0.2) is 4.98 Å². The molecule has 5 rings (SSSR count). The summed E-state index contributed by atoms with van der Waals surface area (Å²) in [5.74, 6) is 0.203. The SMILES string of the molecule is CC(=O)c1ccc(N2C3CCC2CC(NC(=O)c2ccc(C(N)=O)c(N[C@H]4CCOC4)c2)C3)nc1. The van der Waals surface area contributed by atoms with Gasteiger partial charge in [-0.2, -0.15) is 0 Å². The van der Waals surface area contributed by atoms with E-state index >= 15 is 0 Å². The minimum Gasteiger partial charge on any atom is -0.379 e. The zero-order valence-electron chi connectivity index (χ0n) is 19.8. The monoisotopic (exact) mass is 477 g/mol. The highest BCUT2D eigenvalue weighted by molar-refractivity contribution is 6.02. The number of carbonyl (C=O) groups is 3. The number of ether oxygens (including phenoxy) is 1. The number of anilines is 2. The first-order chi connectivity index (χ1) is 16.9. The maximum Gasteiger partial charge on any atom is 0.251 e. The van der Waals surface area contributed by atoms with Crippen LogP contribution in [0.3, 0.4) is 0 Å². The third kappa shape index (κ3) is 4.86. The lowest BCUT2D eigenvalue weighted by Gasteiger charge is -2.40. The molecule has 9 nitrogen and oxygen atoms in total. The van der Waals surface area contributed by atoms with Crippen LogP contribution in [0, 0.1) is 0 Å². The second-order valence-electron chi connectivity index (χ2n) is 9.72. The summed E-state index contributed by atoms with van der Waals surface area (Å²) in [5, 5.41) is 6.51. The van der Waals surface area contributed by atoms with Crippen LogP contribution in [0.25, 0.3) is 0 Å². The Bertz CT molecular complexity index is 1120. The molecule has 9 heteroatoms. The maximum atomic E-state index is 13.1. The van der Waals surface area contributed by atoms with E-state index in [1.807, 2.05) is 12.1 Å².